The average molecular weight is 212 g/mol. The van der Waals surface area contributed by atoms with Gasteiger partial charge in [0.2, 0.25) is 0 Å². The summed E-state index contributed by atoms with van der Waals surface area (Å²) in [6, 6.07) is 1.38. The van der Waals surface area contributed by atoms with Crippen LogP contribution >= 0.6 is 0 Å². The van der Waals surface area contributed by atoms with Crippen LogP contribution in [-0.2, 0) is 4.74 Å². The van der Waals surface area contributed by atoms with Crippen molar-refractivity contribution < 1.29 is 4.74 Å². The first kappa shape index (κ1) is 11.4. The molecule has 0 aromatic rings. The molecule has 0 aromatic heterocycles. The largest absolute Gasteiger partial charge is 0.383 e. The predicted molar refractivity (Wildman–Crippen MR) is 62.0 cm³/mol. The Morgan fingerprint density at radius 1 is 1.47 bits per heavy atom. The van der Waals surface area contributed by atoms with E-state index in [0.29, 0.717) is 6.04 Å². The molecule has 2 rings (SSSR count). The quantitative estimate of drug-likeness (QED) is 0.738. The molecule has 1 saturated heterocycles. The van der Waals surface area contributed by atoms with Crippen LogP contribution in [0.25, 0.3) is 0 Å². The SMILES string of the molecule is CCC(COC)N1CCNC(C2CC2)C1. The molecule has 88 valence electrons. The van der Waals surface area contributed by atoms with Gasteiger partial charge in [0.1, 0.15) is 0 Å². The van der Waals surface area contributed by atoms with Gasteiger partial charge >= 0.3 is 0 Å². The number of hydrogen-bond donors (Lipinski definition) is 1. The van der Waals surface area contributed by atoms with Crippen molar-refractivity contribution >= 4 is 0 Å². The molecule has 0 bridgehead atoms. The summed E-state index contributed by atoms with van der Waals surface area (Å²) in [5.41, 5.74) is 0. The van der Waals surface area contributed by atoms with Crippen LogP contribution in [0.5, 0.6) is 0 Å². The topological polar surface area (TPSA) is 24.5 Å². The Bertz CT molecular complexity index is 194. The Kier molecular flexibility index (Phi) is 4.00. The molecular formula is C12H24N2O. The second-order valence-corrected chi connectivity index (χ2v) is 4.91. The number of methoxy groups -OCH3 is 1. The van der Waals surface area contributed by atoms with Crippen LogP contribution in [0.3, 0.4) is 0 Å². The van der Waals surface area contributed by atoms with Crippen LogP contribution in [0, 0.1) is 5.92 Å². The first-order chi connectivity index (χ1) is 7.35. The van der Waals surface area contributed by atoms with Crippen LogP contribution < -0.4 is 5.32 Å². The highest BCUT2D eigenvalue weighted by atomic mass is 16.5. The van der Waals surface area contributed by atoms with Gasteiger partial charge in [0.15, 0.2) is 0 Å². The summed E-state index contributed by atoms with van der Waals surface area (Å²) in [5.74, 6) is 0.966. The Balaban J connectivity index is 1.84. The van der Waals surface area contributed by atoms with Crippen LogP contribution in [0.4, 0.5) is 0 Å². The lowest BCUT2D eigenvalue weighted by molar-refractivity contribution is 0.0644. The average Bonchev–Trinajstić information content (AvgIpc) is 3.10. The molecule has 3 heteroatoms. The first-order valence-corrected chi connectivity index (χ1v) is 6.31. The van der Waals surface area contributed by atoms with Crippen LogP contribution in [0.15, 0.2) is 0 Å². The van der Waals surface area contributed by atoms with Gasteiger partial charge in [0.25, 0.3) is 0 Å². The summed E-state index contributed by atoms with van der Waals surface area (Å²) in [6.45, 7) is 6.71. The zero-order valence-electron chi connectivity index (χ0n) is 10.0. The molecule has 2 fully saturated rings. The second kappa shape index (κ2) is 5.28. The number of nitrogens with zero attached hydrogens (tertiary/aromatic N) is 1. The summed E-state index contributed by atoms with van der Waals surface area (Å²) in [7, 11) is 1.81. The van der Waals surface area contributed by atoms with E-state index >= 15 is 0 Å². The summed E-state index contributed by atoms with van der Waals surface area (Å²) in [6.07, 6.45) is 4.07. The Morgan fingerprint density at radius 2 is 2.27 bits per heavy atom. The van der Waals surface area contributed by atoms with Crippen molar-refractivity contribution in [1.82, 2.24) is 10.2 Å². The third-order valence-electron chi connectivity index (χ3n) is 3.77. The molecule has 2 atom stereocenters. The molecule has 3 nitrogen and oxygen atoms in total. The molecule has 2 unspecified atom stereocenters. The van der Waals surface area contributed by atoms with E-state index in [-0.39, 0.29) is 0 Å². The predicted octanol–water partition coefficient (Wildman–Crippen LogP) is 1.10. The smallest absolute Gasteiger partial charge is 0.0617 e. The molecule has 2 aliphatic rings. The van der Waals surface area contributed by atoms with Crippen molar-refractivity contribution in [2.45, 2.75) is 38.3 Å². The fourth-order valence-corrected chi connectivity index (χ4v) is 2.62. The zero-order valence-corrected chi connectivity index (χ0v) is 10.0. The molecule has 1 aliphatic heterocycles. The lowest BCUT2D eigenvalue weighted by atomic mass is 10.1. The van der Waals surface area contributed by atoms with Crippen LogP contribution in [0.1, 0.15) is 26.2 Å². The summed E-state index contributed by atoms with van der Waals surface area (Å²) in [5, 5.41) is 3.65. The molecule has 1 aliphatic carbocycles. The van der Waals surface area contributed by atoms with Gasteiger partial charge in [-0.15, -0.1) is 0 Å². The third kappa shape index (κ3) is 2.92. The molecule has 0 amide bonds. The van der Waals surface area contributed by atoms with Crippen LogP contribution in [-0.4, -0.2) is 50.3 Å². The van der Waals surface area contributed by atoms with E-state index in [1.807, 2.05) is 7.11 Å². The van der Waals surface area contributed by atoms with Crippen molar-refractivity contribution in [3.05, 3.63) is 0 Å². The lowest BCUT2D eigenvalue weighted by Crippen LogP contribution is -2.55. The van der Waals surface area contributed by atoms with E-state index in [4.69, 9.17) is 4.74 Å². The molecule has 15 heavy (non-hydrogen) atoms. The van der Waals surface area contributed by atoms with Crippen molar-refractivity contribution in [2.24, 2.45) is 5.92 Å². The first-order valence-electron chi connectivity index (χ1n) is 6.31. The van der Waals surface area contributed by atoms with E-state index in [2.05, 4.69) is 17.1 Å². The maximum absolute atomic E-state index is 5.30. The highest BCUT2D eigenvalue weighted by Crippen LogP contribution is 2.34. The van der Waals surface area contributed by atoms with Crippen molar-refractivity contribution in [3.63, 3.8) is 0 Å². The Hall–Kier alpha value is -0.120. The number of nitrogens with one attached hydrogen (secondary N) is 1. The molecule has 0 radical (unpaired) electrons. The number of hydrogen-bond acceptors (Lipinski definition) is 3. The molecule has 0 aromatic carbocycles. The van der Waals surface area contributed by atoms with E-state index in [1.165, 1.54) is 32.4 Å². The lowest BCUT2D eigenvalue weighted by Gasteiger charge is -2.38. The second-order valence-electron chi connectivity index (χ2n) is 4.91. The Morgan fingerprint density at radius 3 is 2.87 bits per heavy atom. The number of rotatable bonds is 5. The minimum atomic E-state index is 0.623. The standard InChI is InChI=1S/C12H24N2O/c1-3-11(9-15-2)14-7-6-13-12(8-14)10-4-5-10/h10-13H,3-9H2,1-2H3. The third-order valence-corrected chi connectivity index (χ3v) is 3.77. The fraction of sp³-hybridized carbons (Fsp3) is 1.00. The summed E-state index contributed by atoms with van der Waals surface area (Å²) in [4.78, 5) is 2.61. The van der Waals surface area contributed by atoms with Gasteiger partial charge in [-0.25, -0.2) is 0 Å². The van der Waals surface area contributed by atoms with Crippen molar-refractivity contribution in [3.8, 4) is 0 Å². The molecule has 1 heterocycles. The monoisotopic (exact) mass is 212 g/mol. The highest BCUT2D eigenvalue weighted by molar-refractivity contribution is 4.92. The molecule has 1 saturated carbocycles. The highest BCUT2D eigenvalue weighted by Gasteiger charge is 2.35. The number of ether oxygens (including phenoxy) is 1. The van der Waals surface area contributed by atoms with Crippen LogP contribution in [0.2, 0.25) is 0 Å². The van der Waals surface area contributed by atoms with Gasteiger partial charge < -0.3 is 10.1 Å². The minimum absolute atomic E-state index is 0.623. The van der Waals surface area contributed by atoms with Gasteiger partial charge in [0, 0.05) is 38.8 Å². The van der Waals surface area contributed by atoms with Gasteiger partial charge in [-0.1, -0.05) is 6.92 Å². The molecular weight excluding hydrogens is 188 g/mol. The van der Waals surface area contributed by atoms with E-state index in [9.17, 15) is 0 Å². The van der Waals surface area contributed by atoms with Crippen molar-refractivity contribution in [1.29, 1.82) is 0 Å². The molecule has 0 spiro atoms. The summed E-state index contributed by atoms with van der Waals surface area (Å²) < 4.78 is 5.30. The number of piperazine rings is 1. The fourth-order valence-electron chi connectivity index (χ4n) is 2.62. The van der Waals surface area contributed by atoms with Gasteiger partial charge in [-0.05, 0) is 25.2 Å². The van der Waals surface area contributed by atoms with Crippen molar-refractivity contribution in [2.75, 3.05) is 33.4 Å². The molecule has 1 N–H and O–H groups in total. The van der Waals surface area contributed by atoms with E-state index < -0.39 is 0 Å². The Labute approximate surface area is 93.2 Å². The maximum Gasteiger partial charge on any atom is 0.0617 e. The van der Waals surface area contributed by atoms with E-state index in [0.717, 1.165) is 25.1 Å². The summed E-state index contributed by atoms with van der Waals surface area (Å²) >= 11 is 0. The normalized spacial score (nSPS) is 30.4. The van der Waals surface area contributed by atoms with Gasteiger partial charge in [0.05, 0.1) is 6.61 Å². The maximum atomic E-state index is 5.30. The van der Waals surface area contributed by atoms with E-state index in [1.54, 1.807) is 0 Å². The minimum Gasteiger partial charge on any atom is -0.383 e. The zero-order chi connectivity index (χ0) is 10.7. The van der Waals surface area contributed by atoms with Gasteiger partial charge in [-0.2, -0.15) is 0 Å². The van der Waals surface area contributed by atoms with Gasteiger partial charge in [-0.3, -0.25) is 4.90 Å².